The molecule has 122 valence electrons. The summed E-state index contributed by atoms with van der Waals surface area (Å²) in [6.07, 6.45) is 4.61. The van der Waals surface area contributed by atoms with Gasteiger partial charge in [-0.05, 0) is 61.7 Å². The van der Waals surface area contributed by atoms with Crippen LogP contribution in [0.25, 0.3) is 0 Å². The summed E-state index contributed by atoms with van der Waals surface area (Å²) in [4.78, 5) is 0.272. The van der Waals surface area contributed by atoms with Gasteiger partial charge in [0, 0.05) is 18.4 Å². The molecule has 2 aromatic carbocycles. The van der Waals surface area contributed by atoms with E-state index in [9.17, 15) is 8.42 Å². The number of hydrogen-bond acceptors (Lipinski definition) is 4. The maximum absolute atomic E-state index is 11.8. The summed E-state index contributed by atoms with van der Waals surface area (Å²) in [5.74, 6) is 1.34. The molecule has 0 amide bonds. The Morgan fingerprint density at radius 2 is 1.87 bits per heavy atom. The first-order chi connectivity index (χ1) is 11.0. The van der Waals surface area contributed by atoms with Gasteiger partial charge in [0.05, 0.1) is 4.90 Å². The van der Waals surface area contributed by atoms with Gasteiger partial charge in [-0.1, -0.05) is 12.1 Å². The number of nitrogens with one attached hydrogen (secondary N) is 1. The quantitative estimate of drug-likeness (QED) is 0.915. The van der Waals surface area contributed by atoms with Gasteiger partial charge in [-0.3, -0.25) is 0 Å². The van der Waals surface area contributed by atoms with E-state index in [2.05, 4.69) is 17.4 Å². The van der Waals surface area contributed by atoms with E-state index in [1.807, 2.05) is 13.1 Å². The minimum atomic E-state index is -3.26. The number of sulfone groups is 1. The van der Waals surface area contributed by atoms with E-state index in [4.69, 9.17) is 4.74 Å². The molecule has 4 nitrogen and oxygen atoms in total. The normalized spacial score (nSPS) is 13.8. The standard InChI is InChI=1S/C18H21NO3S/c1-19-12-15-7-9-17(23(2,20)21)11-18(15)22-16-8-6-13-4-3-5-14(13)10-16/h6-11,19H,3-5,12H2,1-2H3. The molecule has 23 heavy (non-hydrogen) atoms. The molecule has 0 saturated heterocycles. The molecule has 1 N–H and O–H groups in total. The number of benzene rings is 2. The number of aryl methyl sites for hydroxylation is 2. The van der Waals surface area contributed by atoms with Crippen LogP contribution in [0.5, 0.6) is 11.5 Å². The summed E-state index contributed by atoms with van der Waals surface area (Å²) >= 11 is 0. The van der Waals surface area contributed by atoms with Crippen LogP contribution in [-0.2, 0) is 29.2 Å². The Balaban J connectivity index is 1.96. The molecule has 3 rings (SSSR count). The van der Waals surface area contributed by atoms with Crippen molar-refractivity contribution < 1.29 is 13.2 Å². The van der Waals surface area contributed by atoms with Gasteiger partial charge in [-0.2, -0.15) is 0 Å². The van der Waals surface area contributed by atoms with Crippen LogP contribution in [-0.4, -0.2) is 21.7 Å². The second kappa shape index (κ2) is 6.34. The molecular formula is C18H21NO3S. The molecule has 1 aliphatic carbocycles. The fourth-order valence-corrected chi connectivity index (χ4v) is 3.57. The van der Waals surface area contributed by atoms with E-state index >= 15 is 0 Å². The van der Waals surface area contributed by atoms with E-state index in [-0.39, 0.29) is 4.90 Å². The van der Waals surface area contributed by atoms with Gasteiger partial charge in [0.2, 0.25) is 0 Å². The Hall–Kier alpha value is -1.85. The summed E-state index contributed by atoms with van der Waals surface area (Å²) in [6.45, 7) is 0.615. The Morgan fingerprint density at radius 1 is 1.09 bits per heavy atom. The molecule has 0 spiro atoms. The van der Waals surface area contributed by atoms with Crippen molar-refractivity contribution in [2.24, 2.45) is 0 Å². The van der Waals surface area contributed by atoms with E-state index < -0.39 is 9.84 Å². The molecule has 0 radical (unpaired) electrons. The lowest BCUT2D eigenvalue weighted by Gasteiger charge is -2.13. The number of ether oxygens (including phenoxy) is 1. The monoisotopic (exact) mass is 331 g/mol. The van der Waals surface area contributed by atoms with Crippen LogP contribution >= 0.6 is 0 Å². The molecule has 0 bridgehead atoms. The lowest BCUT2D eigenvalue weighted by Crippen LogP contribution is -2.07. The number of hydrogen-bond donors (Lipinski definition) is 1. The Bertz CT molecular complexity index is 828. The SMILES string of the molecule is CNCc1ccc(S(C)(=O)=O)cc1Oc1ccc2c(c1)CCC2. The molecule has 0 saturated carbocycles. The zero-order valence-corrected chi connectivity index (χ0v) is 14.2. The van der Waals surface area contributed by atoms with Gasteiger partial charge < -0.3 is 10.1 Å². The smallest absolute Gasteiger partial charge is 0.175 e. The van der Waals surface area contributed by atoms with Crippen LogP contribution in [0.1, 0.15) is 23.1 Å². The van der Waals surface area contributed by atoms with Crippen LogP contribution in [0, 0.1) is 0 Å². The van der Waals surface area contributed by atoms with Crippen molar-refractivity contribution in [3.8, 4) is 11.5 Å². The zero-order valence-electron chi connectivity index (χ0n) is 13.4. The van der Waals surface area contributed by atoms with Gasteiger partial charge in [0.1, 0.15) is 11.5 Å². The zero-order chi connectivity index (χ0) is 16.4. The highest BCUT2D eigenvalue weighted by molar-refractivity contribution is 7.90. The van der Waals surface area contributed by atoms with Crippen LogP contribution in [0.15, 0.2) is 41.3 Å². The third kappa shape index (κ3) is 3.57. The minimum Gasteiger partial charge on any atom is -0.457 e. The molecular weight excluding hydrogens is 310 g/mol. The third-order valence-electron chi connectivity index (χ3n) is 4.13. The van der Waals surface area contributed by atoms with Crippen LogP contribution in [0.4, 0.5) is 0 Å². The maximum Gasteiger partial charge on any atom is 0.175 e. The van der Waals surface area contributed by atoms with Gasteiger partial charge >= 0.3 is 0 Å². The molecule has 0 heterocycles. The van der Waals surface area contributed by atoms with Crippen molar-refractivity contribution in [2.45, 2.75) is 30.7 Å². The first-order valence-corrected chi connectivity index (χ1v) is 9.64. The lowest BCUT2D eigenvalue weighted by atomic mass is 10.1. The van der Waals surface area contributed by atoms with Crippen molar-refractivity contribution in [3.63, 3.8) is 0 Å². The molecule has 0 unspecified atom stereocenters. The van der Waals surface area contributed by atoms with Crippen molar-refractivity contribution in [1.82, 2.24) is 5.32 Å². The first-order valence-electron chi connectivity index (χ1n) is 7.74. The summed E-state index contributed by atoms with van der Waals surface area (Å²) in [7, 11) is -1.41. The highest BCUT2D eigenvalue weighted by atomic mass is 32.2. The molecule has 5 heteroatoms. The molecule has 1 aliphatic rings. The van der Waals surface area contributed by atoms with E-state index in [1.54, 1.807) is 18.2 Å². The Morgan fingerprint density at radius 3 is 2.61 bits per heavy atom. The van der Waals surface area contributed by atoms with Crippen LogP contribution in [0.3, 0.4) is 0 Å². The highest BCUT2D eigenvalue weighted by Crippen LogP contribution is 2.31. The van der Waals surface area contributed by atoms with Gasteiger partial charge in [0.15, 0.2) is 9.84 Å². The second-order valence-corrected chi connectivity index (χ2v) is 7.97. The van der Waals surface area contributed by atoms with Crippen molar-refractivity contribution in [3.05, 3.63) is 53.1 Å². The fraction of sp³-hybridized carbons (Fsp3) is 0.333. The summed E-state index contributed by atoms with van der Waals surface area (Å²) in [5, 5.41) is 3.08. The lowest BCUT2D eigenvalue weighted by molar-refractivity contribution is 0.471. The van der Waals surface area contributed by atoms with Gasteiger partial charge in [0.25, 0.3) is 0 Å². The topological polar surface area (TPSA) is 55.4 Å². The van der Waals surface area contributed by atoms with Crippen molar-refractivity contribution in [2.75, 3.05) is 13.3 Å². The van der Waals surface area contributed by atoms with Crippen molar-refractivity contribution in [1.29, 1.82) is 0 Å². The van der Waals surface area contributed by atoms with Gasteiger partial charge in [-0.15, -0.1) is 0 Å². The third-order valence-corrected chi connectivity index (χ3v) is 5.24. The molecule has 2 aromatic rings. The first kappa shape index (κ1) is 16.0. The highest BCUT2D eigenvalue weighted by Gasteiger charge is 2.15. The molecule has 0 aromatic heterocycles. The van der Waals surface area contributed by atoms with E-state index in [0.717, 1.165) is 24.2 Å². The molecule has 0 aliphatic heterocycles. The number of fused-ring (bicyclic) bond motifs is 1. The fourth-order valence-electron chi connectivity index (χ4n) is 2.94. The van der Waals surface area contributed by atoms with E-state index in [1.165, 1.54) is 23.8 Å². The maximum atomic E-state index is 11.8. The minimum absolute atomic E-state index is 0.272. The molecule has 0 fully saturated rings. The van der Waals surface area contributed by atoms with E-state index in [0.29, 0.717) is 12.3 Å². The predicted molar refractivity (Wildman–Crippen MR) is 90.9 cm³/mol. The molecule has 0 atom stereocenters. The predicted octanol–water partition coefficient (Wildman–Crippen LogP) is 3.09. The summed E-state index contributed by atoms with van der Waals surface area (Å²) in [5.41, 5.74) is 3.65. The van der Waals surface area contributed by atoms with Crippen LogP contribution in [0.2, 0.25) is 0 Å². The largest absolute Gasteiger partial charge is 0.457 e. The Labute approximate surface area is 137 Å². The summed E-state index contributed by atoms with van der Waals surface area (Å²) < 4.78 is 29.6. The average molecular weight is 331 g/mol. The summed E-state index contributed by atoms with van der Waals surface area (Å²) in [6, 6.07) is 11.2. The Kier molecular flexibility index (Phi) is 4.41. The van der Waals surface area contributed by atoms with Gasteiger partial charge in [-0.25, -0.2) is 8.42 Å². The number of rotatable bonds is 5. The average Bonchev–Trinajstić information content (AvgIpc) is 2.96. The van der Waals surface area contributed by atoms with Crippen molar-refractivity contribution >= 4 is 9.84 Å². The van der Waals surface area contributed by atoms with Crippen LogP contribution < -0.4 is 10.1 Å². The second-order valence-electron chi connectivity index (χ2n) is 5.96.